The third-order valence-electron chi connectivity index (χ3n) is 4.81. The van der Waals surface area contributed by atoms with Crippen molar-refractivity contribution in [2.24, 2.45) is 0 Å². The monoisotopic (exact) mass is 384 g/mol. The number of amides is 1. The SMILES string of the molecule is CC(C)=Cc1nc(-c2cnn3c(C4CCN(C(=O)O)CC4)cc(=O)[nH]c23)no1. The fourth-order valence-electron chi connectivity index (χ4n) is 3.48. The zero-order valence-electron chi connectivity index (χ0n) is 15.5. The van der Waals surface area contributed by atoms with Gasteiger partial charge in [-0.1, -0.05) is 10.7 Å². The summed E-state index contributed by atoms with van der Waals surface area (Å²) in [7, 11) is 0. The number of H-pyrrole nitrogens is 1. The summed E-state index contributed by atoms with van der Waals surface area (Å²) < 4.78 is 6.91. The molecule has 0 unspecified atom stereocenters. The molecule has 4 heterocycles. The normalized spacial score (nSPS) is 15.1. The van der Waals surface area contributed by atoms with Gasteiger partial charge in [-0.05, 0) is 26.7 Å². The van der Waals surface area contributed by atoms with E-state index in [1.807, 2.05) is 13.8 Å². The molecule has 3 aromatic heterocycles. The molecule has 1 saturated heterocycles. The number of nitrogens with one attached hydrogen (secondary N) is 1. The molecule has 3 aromatic rings. The number of aromatic nitrogens is 5. The van der Waals surface area contributed by atoms with Crippen LogP contribution in [-0.2, 0) is 0 Å². The molecule has 28 heavy (non-hydrogen) atoms. The Kier molecular flexibility index (Phi) is 4.46. The van der Waals surface area contributed by atoms with E-state index in [1.54, 1.807) is 16.8 Å². The topological polar surface area (TPSA) is 130 Å². The maximum Gasteiger partial charge on any atom is 0.407 e. The summed E-state index contributed by atoms with van der Waals surface area (Å²) in [6.45, 7) is 4.72. The predicted octanol–water partition coefficient (Wildman–Crippen LogP) is 2.35. The van der Waals surface area contributed by atoms with E-state index in [1.165, 1.54) is 11.0 Å². The van der Waals surface area contributed by atoms with Crippen LogP contribution in [0.4, 0.5) is 4.79 Å². The lowest BCUT2D eigenvalue weighted by Gasteiger charge is -2.30. The number of rotatable bonds is 3. The quantitative estimate of drug-likeness (QED) is 0.709. The zero-order chi connectivity index (χ0) is 19.8. The number of fused-ring (bicyclic) bond motifs is 1. The maximum atomic E-state index is 12.3. The van der Waals surface area contributed by atoms with Gasteiger partial charge in [0.05, 0.1) is 17.5 Å². The van der Waals surface area contributed by atoms with E-state index in [9.17, 15) is 9.59 Å². The largest absolute Gasteiger partial charge is 0.465 e. The number of carbonyl (C=O) groups is 1. The molecule has 0 atom stereocenters. The van der Waals surface area contributed by atoms with E-state index in [-0.39, 0.29) is 11.5 Å². The Morgan fingerprint density at radius 1 is 1.36 bits per heavy atom. The van der Waals surface area contributed by atoms with Gasteiger partial charge < -0.3 is 19.5 Å². The van der Waals surface area contributed by atoms with Crippen LogP contribution >= 0.6 is 0 Å². The number of allylic oxidation sites excluding steroid dienone is 1. The van der Waals surface area contributed by atoms with Crippen LogP contribution in [0, 0.1) is 0 Å². The molecule has 146 valence electrons. The first-order chi connectivity index (χ1) is 13.4. The van der Waals surface area contributed by atoms with E-state index in [0.29, 0.717) is 48.9 Å². The van der Waals surface area contributed by atoms with Gasteiger partial charge in [-0.15, -0.1) is 0 Å². The van der Waals surface area contributed by atoms with Gasteiger partial charge in [-0.25, -0.2) is 9.31 Å². The van der Waals surface area contributed by atoms with Gasteiger partial charge >= 0.3 is 6.09 Å². The van der Waals surface area contributed by atoms with Gasteiger partial charge in [0.15, 0.2) is 0 Å². The summed E-state index contributed by atoms with van der Waals surface area (Å²) in [5.41, 5.74) is 2.59. The number of hydrogen-bond acceptors (Lipinski definition) is 6. The van der Waals surface area contributed by atoms with Gasteiger partial charge in [0.2, 0.25) is 5.82 Å². The Bertz CT molecular complexity index is 1110. The minimum absolute atomic E-state index is 0.0413. The molecule has 1 aliphatic heterocycles. The fourth-order valence-corrected chi connectivity index (χ4v) is 3.48. The van der Waals surface area contributed by atoms with Crippen molar-refractivity contribution in [2.45, 2.75) is 32.6 Å². The van der Waals surface area contributed by atoms with E-state index in [2.05, 4.69) is 20.2 Å². The van der Waals surface area contributed by atoms with Crippen molar-refractivity contribution in [2.75, 3.05) is 13.1 Å². The summed E-state index contributed by atoms with van der Waals surface area (Å²) in [5.74, 6) is 0.768. The van der Waals surface area contributed by atoms with E-state index >= 15 is 0 Å². The Morgan fingerprint density at radius 2 is 2.11 bits per heavy atom. The lowest BCUT2D eigenvalue weighted by molar-refractivity contribution is 0.131. The smallest absolute Gasteiger partial charge is 0.407 e. The van der Waals surface area contributed by atoms with Crippen LogP contribution in [-0.4, -0.2) is 53.9 Å². The Labute approximate surface area is 159 Å². The van der Waals surface area contributed by atoms with Crippen LogP contribution in [0.5, 0.6) is 0 Å². The van der Waals surface area contributed by atoms with E-state index in [4.69, 9.17) is 9.63 Å². The number of likely N-dealkylation sites (tertiary alicyclic amines) is 1. The zero-order valence-corrected chi connectivity index (χ0v) is 15.5. The minimum Gasteiger partial charge on any atom is -0.465 e. The lowest BCUT2D eigenvalue weighted by atomic mass is 9.93. The summed E-state index contributed by atoms with van der Waals surface area (Å²) in [6.07, 6.45) is 3.71. The average molecular weight is 384 g/mol. The van der Waals surface area contributed by atoms with E-state index < -0.39 is 6.09 Å². The molecule has 10 nitrogen and oxygen atoms in total. The minimum atomic E-state index is -0.917. The molecule has 0 bridgehead atoms. The Balaban J connectivity index is 1.71. The third kappa shape index (κ3) is 3.28. The fraction of sp³-hybridized carbons (Fsp3) is 0.389. The molecule has 10 heteroatoms. The maximum absolute atomic E-state index is 12.3. The van der Waals surface area contributed by atoms with Crippen molar-refractivity contribution >= 4 is 17.8 Å². The van der Waals surface area contributed by atoms with Gasteiger partial charge in [-0.2, -0.15) is 10.1 Å². The molecular weight excluding hydrogens is 364 g/mol. The second kappa shape index (κ2) is 6.95. The molecule has 0 aromatic carbocycles. The summed E-state index contributed by atoms with van der Waals surface area (Å²) in [5, 5.41) is 17.5. The first-order valence-electron chi connectivity index (χ1n) is 9.00. The molecule has 0 spiro atoms. The van der Waals surface area contributed by atoms with Gasteiger partial charge in [0, 0.05) is 31.1 Å². The van der Waals surface area contributed by atoms with Crippen molar-refractivity contribution in [3.05, 3.63) is 39.8 Å². The molecule has 0 saturated carbocycles. The molecule has 0 radical (unpaired) electrons. The van der Waals surface area contributed by atoms with Crippen LogP contribution in [0.2, 0.25) is 0 Å². The second-order valence-electron chi connectivity index (χ2n) is 7.10. The van der Waals surface area contributed by atoms with Crippen LogP contribution in [0.25, 0.3) is 23.1 Å². The highest BCUT2D eigenvalue weighted by molar-refractivity contribution is 5.72. The van der Waals surface area contributed by atoms with Gasteiger partial charge in [0.1, 0.15) is 5.65 Å². The number of piperidine rings is 1. The standard InChI is InChI=1S/C18H20N6O4/c1-10(2)7-15-21-16(22-28-15)12-9-19-24-13(8-14(25)20-17(12)24)11-3-5-23(6-4-11)18(26)27/h7-9,11H,3-6H2,1-2H3,(H,20,25)(H,26,27). The molecule has 1 amide bonds. The Hall–Kier alpha value is -3.43. The molecule has 4 rings (SSSR count). The molecule has 2 N–H and O–H groups in total. The van der Waals surface area contributed by atoms with Crippen LogP contribution in [0.1, 0.15) is 44.2 Å². The molecular formula is C18H20N6O4. The Morgan fingerprint density at radius 3 is 2.79 bits per heavy atom. The van der Waals surface area contributed by atoms with Crippen molar-refractivity contribution in [3.63, 3.8) is 0 Å². The molecule has 1 aliphatic rings. The second-order valence-corrected chi connectivity index (χ2v) is 7.10. The van der Waals surface area contributed by atoms with Crippen molar-refractivity contribution in [1.82, 2.24) is 29.6 Å². The number of carboxylic acid groups (broad SMARTS) is 1. The van der Waals surface area contributed by atoms with Crippen molar-refractivity contribution < 1.29 is 14.4 Å². The lowest BCUT2D eigenvalue weighted by Crippen LogP contribution is -2.37. The molecule has 1 fully saturated rings. The van der Waals surface area contributed by atoms with Gasteiger partial charge in [-0.3, -0.25) is 4.79 Å². The highest BCUT2D eigenvalue weighted by Crippen LogP contribution is 2.29. The van der Waals surface area contributed by atoms with Crippen LogP contribution in [0.15, 0.2) is 27.2 Å². The summed E-state index contributed by atoms with van der Waals surface area (Å²) >= 11 is 0. The summed E-state index contributed by atoms with van der Waals surface area (Å²) in [4.78, 5) is 31.9. The van der Waals surface area contributed by atoms with Crippen LogP contribution in [0.3, 0.4) is 0 Å². The summed E-state index contributed by atoms with van der Waals surface area (Å²) in [6, 6.07) is 1.52. The highest BCUT2D eigenvalue weighted by Gasteiger charge is 2.26. The third-order valence-corrected chi connectivity index (χ3v) is 4.81. The first-order valence-corrected chi connectivity index (χ1v) is 9.00. The van der Waals surface area contributed by atoms with E-state index in [0.717, 1.165) is 11.3 Å². The highest BCUT2D eigenvalue weighted by atomic mass is 16.5. The van der Waals surface area contributed by atoms with Gasteiger partial charge in [0.25, 0.3) is 11.4 Å². The average Bonchev–Trinajstić information content (AvgIpc) is 3.27. The first kappa shape index (κ1) is 18.0. The van der Waals surface area contributed by atoms with Crippen LogP contribution < -0.4 is 5.56 Å². The predicted molar refractivity (Wildman–Crippen MR) is 100 cm³/mol. The number of hydrogen-bond donors (Lipinski definition) is 2. The van der Waals surface area contributed by atoms with Crippen molar-refractivity contribution in [1.29, 1.82) is 0 Å². The number of nitrogens with zero attached hydrogens (tertiary/aromatic N) is 5. The molecule has 0 aliphatic carbocycles. The van der Waals surface area contributed by atoms with Crippen molar-refractivity contribution in [3.8, 4) is 11.4 Å². The number of aromatic amines is 1.